The lowest BCUT2D eigenvalue weighted by Crippen LogP contribution is -2.35. The molecule has 2 nitrogen and oxygen atoms in total. The van der Waals surface area contributed by atoms with E-state index in [1.807, 2.05) is 0 Å². The molecule has 1 unspecified atom stereocenters. The highest BCUT2D eigenvalue weighted by Crippen LogP contribution is 2.32. The molecule has 0 fully saturated rings. The standard InChI is InChI=1S/C15H15F3N2/c16-15(17,18)14(13-4-2-1-3-5-13)20-11-8-12-6-9-19-10-7-12/h1-7,9-10,14,20H,8,11H2. The molecule has 2 rings (SSSR count). The smallest absolute Gasteiger partial charge is 0.302 e. The SMILES string of the molecule is FC(F)(F)C(NCCc1ccncc1)c1ccccc1. The van der Waals surface area contributed by atoms with Crippen LogP contribution in [0.15, 0.2) is 54.9 Å². The van der Waals surface area contributed by atoms with E-state index in [9.17, 15) is 13.2 Å². The van der Waals surface area contributed by atoms with Crippen LogP contribution < -0.4 is 5.32 Å². The quantitative estimate of drug-likeness (QED) is 0.906. The first kappa shape index (κ1) is 14.5. The molecule has 0 aliphatic heterocycles. The van der Waals surface area contributed by atoms with Gasteiger partial charge in [0.2, 0.25) is 0 Å². The minimum Gasteiger partial charge on any atom is -0.302 e. The second-order valence-corrected chi connectivity index (χ2v) is 4.44. The summed E-state index contributed by atoms with van der Waals surface area (Å²) in [5.41, 5.74) is 1.19. The number of rotatable bonds is 5. The molecule has 2 aromatic rings. The number of nitrogens with zero attached hydrogens (tertiary/aromatic N) is 1. The predicted octanol–water partition coefficient (Wildman–Crippen LogP) is 3.52. The number of hydrogen-bond donors (Lipinski definition) is 1. The Labute approximate surface area is 115 Å². The molecule has 0 bridgehead atoms. The average Bonchev–Trinajstić information content (AvgIpc) is 2.44. The third-order valence-electron chi connectivity index (χ3n) is 2.97. The van der Waals surface area contributed by atoms with E-state index >= 15 is 0 Å². The van der Waals surface area contributed by atoms with Gasteiger partial charge in [0.15, 0.2) is 0 Å². The predicted molar refractivity (Wildman–Crippen MR) is 71.2 cm³/mol. The summed E-state index contributed by atoms with van der Waals surface area (Å²) in [4.78, 5) is 3.88. The fourth-order valence-electron chi connectivity index (χ4n) is 1.98. The Balaban J connectivity index is 1.99. The molecular formula is C15H15F3N2. The van der Waals surface area contributed by atoms with Gasteiger partial charge in [-0.05, 0) is 29.7 Å². The summed E-state index contributed by atoms with van der Waals surface area (Å²) in [6.45, 7) is 0.253. The summed E-state index contributed by atoms with van der Waals surface area (Å²) in [5.74, 6) is 0. The van der Waals surface area contributed by atoms with Gasteiger partial charge in [0.05, 0.1) is 0 Å². The fraction of sp³-hybridized carbons (Fsp3) is 0.267. The molecule has 0 amide bonds. The molecule has 0 aliphatic rings. The zero-order valence-electron chi connectivity index (χ0n) is 10.8. The van der Waals surface area contributed by atoms with Crippen LogP contribution in [0.3, 0.4) is 0 Å². The molecule has 0 aliphatic carbocycles. The van der Waals surface area contributed by atoms with Crippen LogP contribution >= 0.6 is 0 Å². The average molecular weight is 280 g/mol. The van der Waals surface area contributed by atoms with Crippen molar-refractivity contribution in [2.24, 2.45) is 0 Å². The maximum absolute atomic E-state index is 13.1. The van der Waals surface area contributed by atoms with Gasteiger partial charge in [0.1, 0.15) is 6.04 Å². The second-order valence-electron chi connectivity index (χ2n) is 4.44. The topological polar surface area (TPSA) is 24.9 Å². The first-order valence-corrected chi connectivity index (χ1v) is 6.31. The van der Waals surface area contributed by atoms with Gasteiger partial charge in [-0.3, -0.25) is 4.98 Å². The highest BCUT2D eigenvalue weighted by molar-refractivity contribution is 5.20. The van der Waals surface area contributed by atoms with E-state index < -0.39 is 12.2 Å². The van der Waals surface area contributed by atoms with E-state index in [4.69, 9.17) is 0 Å². The van der Waals surface area contributed by atoms with Crippen LogP contribution in [0.4, 0.5) is 13.2 Å². The van der Waals surface area contributed by atoms with E-state index in [-0.39, 0.29) is 12.1 Å². The van der Waals surface area contributed by atoms with Crippen molar-refractivity contribution in [1.82, 2.24) is 10.3 Å². The third-order valence-corrected chi connectivity index (χ3v) is 2.97. The molecule has 1 heterocycles. The van der Waals surface area contributed by atoms with Gasteiger partial charge in [-0.1, -0.05) is 30.3 Å². The number of alkyl halides is 3. The maximum atomic E-state index is 13.1. The molecule has 20 heavy (non-hydrogen) atoms. The van der Waals surface area contributed by atoms with Crippen LogP contribution in [0.2, 0.25) is 0 Å². The summed E-state index contributed by atoms with van der Waals surface area (Å²) < 4.78 is 39.2. The van der Waals surface area contributed by atoms with Crippen LogP contribution in [0.5, 0.6) is 0 Å². The number of hydrogen-bond acceptors (Lipinski definition) is 2. The first-order chi connectivity index (χ1) is 9.57. The minimum atomic E-state index is -4.31. The van der Waals surface area contributed by atoms with Gasteiger partial charge >= 0.3 is 6.18 Å². The lowest BCUT2D eigenvalue weighted by atomic mass is 10.1. The molecule has 1 aromatic heterocycles. The third kappa shape index (κ3) is 4.06. The van der Waals surface area contributed by atoms with Crippen LogP contribution in [-0.4, -0.2) is 17.7 Å². The molecule has 1 N–H and O–H groups in total. The zero-order valence-corrected chi connectivity index (χ0v) is 10.8. The highest BCUT2D eigenvalue weighted by atomic mass is 19.4. The molecule has 106 valence electrons. The van der Waals surface area contributed by atoms with Gasteiger partial charge < -0.3 is 5.32 Å². The fourth-order valence-corrected chi connectivity index (χ4v) is 1.98. The molecular weight excluding hydrogens is 265 g/mol. The van der Waals surface area contributed by atoms with E-state index in [1.165, 1.54) is 12.1 Å². The van der Waals surface area contributed by atoms with Crippen LogP contribution in [0.1, 0.15) is 17.2 Å². The number of halogens is 3. The molecule has 0 saturated heterocycles. The zero-order chi connectivity index (χ0) is 14.4. The van der Waals surface area contributed by atoms with E-state index in [0.29, 0.717) is 6.42 Å². The van der Waals surface area contributed by atoms with Crippen molar-refractivity contribution in [2.75, 3.05) is 6.54 Å². The summed E-state index contributed by atoms with van der Waals surface area (Å²) in [7, 11) is 0. The van der Waals surface area contributed by atoms with Crippen molar-refractivity contribution in [3.8, 4) is 0 Å². The molecule has 0 radical (unpaired) electrons. The second kappa shape index (κ2) is 6.52. The van der Waals surface area contributed by atoms with Gasteiger partial charge in [0, 0.05) is 18.9 Å². The lowest BCUT2D eigenvalue weighted by molar-refractivity contribution is -0.157. The van der Waals surface area contributed by atoms with Crippen molar-refractivity contribution in [2.45, 2.75) is 18.6 Å². The Bertz CT molecular complexity index is 512. The Morgan fingerprint density at radius 3 is 2.25 bits per heavy atom. The number of pyridine rings is 1. The highest BCUT2D eigenvalue weighted by Gasteiger charge is 2.40. The van der Waals surface area contributed by atoms with Gasteiger partial charge in [-0.25, -0.2) is 0 Å². The Hall–Kier alpha value is -1.88. The van der Waals surface area contributed by atoms with Crippen molar-refractivity contribution in [3.63, 3.8) is 0 Å². The van der Waals surface area contributed by atoms with Crippen molar-refractivity contribution < 1.29 is 13.2 Å². The Morgan fingerprint density at radius 2 is 1.65 bits per heavy atom. The summed E-state index contributed by atoms with van der Waals surface area (Å²) in [6.07, 6.45) is -0.511. The van der Waals surface area contributed by atoms with Gasteiger partial charge in [-0.15, -0.1) is 0 Å². The number of benzene rings is 1. The lowest BCUT2D eigenvalue weighted by Gasteiger charge is -2.22. The van der Waals surface area contributed by atoms with Gasteiger partial charge in [-0.2, -0.15) is 13.2 Å². The van der Waals surface area contributed by atoms with Gasteiger partial charge in [0.25, 0.3) is 0 Å². The van der Waals surface area contributed by atoms with E-state index in [2.05, 4.69) is 10.3 Å². The summed E-state index contributed by atoms with van der Waals surface area (Å²) in [5, 5.41) is 2.58. The molecule has 5 heteroatoms. The number of nitrogens with one attached hydrogen (secondary N) is 1. The van der Waals surface area contributed by atoms with Crippen LogP contribution in [-0.2, 0) is 6.42 Å². The van der Waals surface area contributed by atoms with E-state index in [0.717, 1.165) is 5.56 Å². The number of aromatic nitrogens is 1. The van der Waals surface area contributed by atoms with Crippen molar-refractivity contribution >= 4 is 0 Å². The normalized spacial score (nSPS) is 13.2. The molecule has 0 saturated carbocycles. The molecule has 0 spiro atoms. The first-order valence-electron chi connectivity index (χ1n) is 6.31. The Kier molecular flexibility index (Phi) is 4.74. The summed E-state index contributed by atoms with van der Waals surface area (Å²) in [6, 6.07) is 9.85. The van der Waals surface area contributed by atoms with E-state index in [1.54, 1.807) is 42.7 Å². The molecule has 1 aromatic carbocycles. The van der Waals surface area contributed by atoms with Crippen LogP contribution in [0, 0.1) is 0 Å². The molecule has 1 atom stereocenters. The summed E-state index contributed by atoms with van der Waals surface area (Å²) >= 11 is 0. The van der Waals surface area contributed by atoms with Crippen molar-refractivity contribution in [3.05, 3.63) is 66.0 Å². The maximum Gasteiger partial charge on any atom is 0.407 e. The minimum absolute atomic E-state index is 0.231. The van der Waals surface area contributed by atoms with Crippen molar-refractivity contribution in [1.29, 1.82) is 0 Å². The largest absolute Gasteiger partial charge is 0.407 e. The monoisotopic (exact) mass is 280 g/mol. The Morgan fingerprint density at radius 1 is 1.00 bits per heavy atom. The van der Waals surface area contributed by atoms with Crippen LogP contribution in [0.25, 0.3) is 0 Å².